The maximum atomic E-state index is 13.7. The Kier molecular flexibility index (Phi) is 8.39. The first-order chi connectivity index (χ1) is 16.9. The number of benzene rings is 3. The van der Waals surface area contributed by atoms with Crippen LogP contribution >= 0.6 is 34.8 Å². The summed E-state index contributed by atoms with van der Waals surface area (Å²) in [6.45, 7) is 0.519. The topological polar surface area (TPSA) is 52.9 Å². The van der Waals surface area contributed by atoms with Crippen LogP contribution in [-0.4, -0.2) is 12.5 Å². The van der Waals surface area contributed by atoms with Crippen molar-refractivity contribution < 1.29 is 4.79 Å². The van der Waals surface area contributed by atoms with Gasteiger partial charge in [0.15, 0.2) is 0 Å². The lowest BCUT2D eigenvalue weighted by atomic mass is 9.77. The third-order valence-electron chi connectivity index (χ3n) is 6.91. The van der Waals surface area contributed by atoms with E-state index in [1.54, 1.807) is 12.1 Å². The zero-order chi connectivity index (χ0) is 24.8. The van der Waals surface area contributed by atoms with Crippen LogP contribution < -0.4 is 5.32 Å². The van der Waals surface area contributed by atoms with Crippen LogP contribution in [-0.2, 0) is 23.1 Å². The van der Waals surface area contributed by atoms with Crippen LogP contribution in [0.1, 0.15) is 47.9 Å². The van der Waals surface area contributed by atoms with E-state index in [0.29, 0.717) is 27.2 Å². The molecule has 1 atom stereocenters. The van der Waals surface area contributed by atoms with Crippen LogP contribution in [0, 0.1) is 17.2 Å². The standard InChI is InChI=1S/C29H27Cl3N2O/c30-24-8-6-20(7-9-24)14-23(16-21-4-3-5-22(15-21)18-33)19-34-28(35)29(12-1-2-13-29)26-11-10-25(31)17-27(26)32/h3-11,15,17,23H,1-2,12-14,16,19H2,(H,34,35). The van der Waals surface area contributed by atoms with Crippen LogP contribution in [0.2, 0.25) is 15.1 Å². The van der Waals surface area contributed by atoms with Gasteiger partial charge in [-0.3, -0.25) is 4.79 Å². The van der Waals surface area contributed by atoms with Gasteiger partial charge >= 0.3 is 0 Å². The minimum atomic E-state index is -0.632. The van der Waals surface area contributed by atoms with Gasteiger partial charge < -0.3 is 5.32 Å². The molecule has 1 N–H and O–H groups in total. The second-order valence-electron chi connectivity index (χ2n) is 9.34. The molecular formula is C29H27Cl3N2O. The van der Waals surface area contributed by atoms with Gasteiger partial charge in [-0.25, -0.2) is 0 Å². The van der Waals surface area contributed by atoms with Gasteiger partial charge in [-0.2, -0.15) is 5.26 Å². The van der Waals surface area contributed by atoms with E-state index in [-0.39, 0.29) is 11.8 Å². The van der Waals surface area contributed by atoms with Crippen molar-refractivity contribution in [3.05, 3.63) is 104 Å². The lowest BCUT2D eigenvalue weighted by molar-refractivity contribution is -0.126. The Labute approximate surface area is 222 Å². The van der Waals surface area contributed by atoms with Gasteiger partial charge in [0.2, 0.25) is 5.91 Å². The molecule has 3 nitrogen and oxygen atoms in total. The van der Waals surface area contributed by atoms with Gasteiger partial charge in [0.05, 0.1) is 17.0 Å². The van der Waals surface area contributed by atoms with E-state index in [1.165, 1.54) is 0 Å². The van der Waals surface area contributed by atoms with Crippen molar-refractivity contribution >= 4 is 40.7 Å². The van der Waals surface area contributed by atoms with Gasteiger partial charge in [-0.05, 0) is 84.7 Å². The fourth-order valence-electron chi connectivity index (χ4n) is 5.15. The third-order valence-corrected chi connectivity index (χ3v) is 7.71. The number of halogens is 3. The third kappa shape index (κ3) is 6.19. The number of rotatable bonds is 8. The summed E-state index contributed by atoms with van der Waals surface area (Å²) in [5, 5.41) is 14.4. The quantitative estimate of drug-likeness (QED) is 0.330. The Morgan fingerprint density at radius 1 is 0.914 bits per heavy atom. The normalized spacial score (nSPS) is 15.4. The Morgan fingerprint density at radius 2 is 1.60 bits per heavy atom. The predicted octanol–water partition coefficient (Wildman–Crippen LogP) is 7.55. The molecule has 0 heterocycles. The molecule has 3 aromatic rings. The number of nitrogens with one attached hydrogen (secondary N) is 1. The SMILES string of the molecule is N#Cc1cccc(CC(CNC(=O)C2(c3ccc(Cl)cc3Cl)CCCC2)Cc2ccc(Cl)cc2)c1. The minimum absolute atomic E-state index is 0.0195. The molecule has 1 saturated carbocycles. The van der Waals surface area contributed by atoms with Gasteiger partial charge in [-0.1, -0.05) is 78.0 Å². The smallest absolute Gasteiger partial charge is 0.230 e. The van der Waals surface area contributed by atoms with Crippen LogP contribution in [0.4, 0.5) is 0 Å². The molecule has 1 aliphatic carbocycles. The summed E-state index contributed by atoms with van der Waals surface area (Å²) >= 11 is 18.8. The monoisotopic (exact) mass is 524 g/mol. The van der Waals surface area contributed by atoms with Gasteiger partial charge in [-0.15, -0.1) is 0 Å². The Bertz CT molecular complexity index is 1230. The summed E-state index contributed by atoms with van der Waals surface area (Å²) in [6, 6.07) is 23.1. The van der Waals surface area contributed by atoms with E-state index in [2.05, 4.69) is 11.4 Å². The second kappa shape index (κ2) is 11.5. The zero-order valence-corrected chi connectivity index (χ0v) is 21.6. The Morgan fingerprint density at radius 3 is 2.29 bits per heavy atom. The Hall–Kier alpha value is -2.51. The molecule has 6 heteroatoms. The van der Waals surface area contributed by atoms with Crippen molar-refractivity contribution in [3.8, 4) is 6.07 Å². The molecule has 180 valence electrons. The highest BCUT2D eigenvalue weighted by atomic mass is 35.5. The van der Waals surface area contributed by atoms with Crippen LogP contribution in [0.25, 0.3) is 0 Å². The molecule has 1 amide bonds. The van der Waals surface area contributed by atoms with Crippen molar-refractivity contribution in [1.82, 2.24) is 5.32 Å². The highest BCUT2D eigenvalue weighted by Crippen LogP contribution is 2.44. The molecule has 35 heavy (non-hydrogen) atoms. The number of carbonyl (C=O) groups is 1. The van der Waals surface area contributed by atoms with E-state index in [4.69, 9.17) is 34.8 Å². The van der Waals surface area contributed by atoms with Crippen molar-refractivity contribution in [2.75, 3.05) is 6.54 Å². The van der Waals surface area contributed by atoms with E-state index in [9.17, 15) is 10.1 Å². The molecule has 0 spiro atoms. The number of nitriles is 1. The molecule has 1 unspecified atom stereocenters. The van der Waals surface area contributed by atoms with Crippen molar-refractivity contribution in [1.29, 1.82) is 5.26 Å². The summed E-state index contributed by atoms with van der Waals surface area (Å²) in [5.41, 5.74) is 3.09. The van der Waals surface area contributed by atoms with E-state index in [1.807, 2.05) is 54.6 Å². The average molecular weight is 526 g/mol. The van der Waals surface area contributed by atoms with Crippen LogP contribution in [0.15, 0.2) is 66.7 Å². The number of nitrogens with zero attached hydrogens (tertiary/aromatic N) is 1. The fourth-order valence-corrected chi connectivity index (χ4v) is 5.87. The molecule has 1 aliphatic rings. The summed E-state index contributed by atoms with van der Waals surface area (Å²) in [4.78, 5) is 13.7. The minimum Gasteiger partial charge on any atom is -0.355 e. The van der Waals surface area contributed by atoms with Gasteiger partial charge in [0, 0.05) is 21.6 Å². The molecule has 0 aromatic heterocycles. The summed E-state index contributed by atoms with van der Waals surface area (Å²) < 4.78 is 0. The highest BCUT2D eigenvalue weighted by Gasteiger charge is 2.44. The highest BCUT2D eigenvalue weighted by molar-refractivity contribution is 6.35. The molecule has 0 radical (unpaired) electrons. The largest absolute Gasteiger partial charge is 0.355 e. The number of hydrogen-bond donors (Lipinski definition) is 1. The lowest BCUT2D eigenvalue weighted by Gasteiger charge is -2.30. The number of amides is 1. The fraction of sp³-hybridized carbons (Fsp3) is 0.310. The zero-order valence-electron chi connectivity index (χ0n) is 19.4. The maximum Gasteiger partial charge on any atom is 0.230 e. The van der Waals surface area contributed by atoms with Gasteiger partial charge in [0.1, 0.15) is 0 Å². The number of hydrogen-bond acceptors (Lipinski definition) is 2. The maximum absolute atomic E-state index is 13.7. The van der Waals surface area contributed by atoms with E-state index < -0.39 is 5.41 Å². The molecule has 3 aromatic carbocycles. The average Bonchev–Trinajstić information content (AvgIpc) is 3.35. The summed E-state index contributed by atoms with van der Waals surface area (Å²) in [6.07, 6.45) is 5.04. The van der Waals surface area contributed by atoms with Crippen molar-refractivity contribution in [2.24, 2.45) is 5.92 Å². The molecule has 4 rings (SSSR count). The van der Waals surface area contributed by atoms with Crippen molar-refractivity contribution in [3.63, 3.8) is 0 Å². The van der Waals surface area contributed by atoms with E-state index >= 15 is 0 Å². The first-order valence-electron chi connectivity index (χ1n) is 11.9. The first kappa shape index (κ1) is 25.6. The molecule has 0 bridgehead atoms. The Balaban J connectivity index is 1.55. The first-order valence-corrected chi connectivity index (χ1v) is 13.0. The molecule has 0 saturated heterocycles. The van der Waals surface area contributed by atoms with Crippen LogP contribution in [0.5, 0.6) is 0 Å². The summed E-state index contributed by atoms with van der Waals surface area (Å²) in [7, 11) is 0. The van der Waals surface area contributed by atoms with E-state index in [0.717, 1.165) is 55.2 Å². The molecule has 0 aliphatic heterocycles. The second-order valence-corrected chi connectivity index (χ2v) is 10.6. The van der Waals surface area contributed by atoms with Crippen molar-refractivity contribution in [2.45, 2.75) is 43.9 Å². The predicted molar refractivity (Wildman–Crippen MR) is 143 cm³/mol. The summed E-state index contributed by atoms with van der Waals surface area (Å²) in [5.74, 6) is 0.166. The van der Waals surface area contributed by atoms with Gasteiger partial charge in [0.25, 0.3) is 0 Å². The lowest BCUT2D eigenvalue weighted by Crippen LogP contribution is -2.45. The number of carbonyl (C=O) groups excluding carboxylic acids is 1. The molecular weight excluding hydrogens is 499 g/mol. The molecule has 1 fully saturated rings. The van der Waals surface area contributed by atoms with Crippen LogP contribution in [0.3, 0.4) is 0 Å².